The summed E-state index contributed by atoms with van der Waals surface area (Å²) in [7, 11) is 0. The average molecular weight is 258 g/mol. The van der Waals surface area contributed by atoms with Gasteiger partial charge >= 0.3 is 5.97 Å². The molecule has 6 nitrogen and oxygen atoms in total. The number of nitro benzene ring substituents is 1. The van der Waals surface area contributed by atoms with Crippen LogP contribution in [0.2, 0.25) is 0 Å². The standard InChI is InChI=1S/C13H8NO5/c15-13(16)11-8-9(14(17)18)6-7-12(11)19-10-4-2-1-3-5-10/h2-8H,(H,15,16). The van der Waals surface area contributed by atoms with Crippen LogP contribution < -0.4 is 4.74 Å². The lowest BCUT2D eigenvalue weighted by Crippen LogP contribution is -2.01. The molecule has 2 aromatic rings. The average Bonchev–Trinajstić information content (AvgIpc) is 2.39. The highest BCUT2D eigenvalue weighted by atomic mass is 16.6. The van der Waals surface area contributed by atoms with Crippen LogP contribution >= 0.6 is 0 Å². The molecule has 1 radical (unpaired) electrons. The summed E-state index contributed by atoms with van der Waals surface area (Å²) in [5.41, 5.74) is -0.562. The van der Waals surface area contributed by atoms with E-state index in [0.29, 0.717) is 5.75 Å². The molecule has 0 saturated heterocycles. The maximum Gasteiger partial charge on any atom is 0.339 e. The molecule has 6 heteroatoms. The lowest BCUT2D eigenvalue weighted by atomic mass is 10.2. The van der Waals surface area contributed by atoms with Gasteiger partial charge in [-0.2, -0.15) is 0 Å². The highest BCUT2D eigenvalue weighted by molar-refractivity contribution is 5.91. The van der Waals surface area contributed by atoms with Crippen molar-refractivity contribution in [2.75, 3.05) is 0 Å². The molecule has 0 unspecified atom stereocenters. The van der Waals surface area contributed by atoms with Crippen LogP contribution in [0.3, 0.4) is 0 Å². The summed E-state index contributed by atoms with van der Waals surface area (Å²) < 4.78 is 5.38. The predicted octanol–water partition coefficient (Wildman–Crippen LogP) is 2.89. The van der Waals surface area contributed by atoms with Gasteiger partial charge in [-0.1, -0.05) is 12.1 Å². The number of hydrogen-bond donors (Lipinski definition) is 1. The van der Waals surface area contributed by atoms with Crippen molar-refractivity contribution >= 4 is 11.7 Å². The number of aromatic carboxylic acids is 1. The second-order valence-corrected chi connectivity index (χ2v) is 3.58. The minimum atomic E-state index is -1.29. The third kappa shape index (κ3) is 2.86. The number of non-ortho nitro benzene ring substituents is 1. The van der Waals surface area contributed by atoms with Crippen molar-refractivity contribution in [1.29, 1.82) is 0 Å². The first-order chi connectivity index (χ1) is 9.08. The molecule has 0 aliphatic heterocycles. The van der Waals surface area contributed by atoms with E-state index < -0.39 is 10.9 Å². The van der Waals surface area contributed by atoms with Gasteiger partial charge in [0.2, 0.25) is 0 Å². The number of nitro groups is 1. The molecule has 95 valence electrons. The van der Waals surface area contributed by atoms with Crippen molar-refractivity contribution in [2.24, 2.45) is 0 Å². The Morgan fingerprint density at radius 3 is 2.53 bits per heavy atom. The molecule has 0 heterocycles. The summed E-state index contributed by atoms with van der Waals surface area (Å²) in [6, 6.07) is 12.6. The summed E-state index contributed by atoms with van der Waals surface area (Å²) in [6.45, 7) is 0. The normalized spacial score (nSPS) is 9.89. The fourth-order valence-corrected chi connectivity index (χ4v) is 1.45. The Balaban J connectivity index is 2.40. The fraction of sp³-hybridized carbons (Fsp3) is 0. The summed E-state index contributed by atoms with van der Waals surface area (Å²) in [4.78, 5) is 21.0. The quantitative estimate of drug-likeness (QED) is 0.672. The molecule has 0 atom stereocenters. The number of rotatable bonds is 4. The van der Waals surface area contributed by atoms with E-state index in [-0.39, 0.29) is 17.0 Å². The summed E-state index contributed by atoms with van der Waals surface area (Å²) in [5, 5.41) is 19.7. The van der Waals surface area contributed by atoms with Gasteiger partial charge in [-0.25, -0.2) is 4.79 Å². The number of ether oxygens (including phenoxy) is 1. The van der Waals surface area contributed by atoms with Crippen LogP contribution in [0, 0.1) is 16.2 Å². The largest absolute Gasteiger partial charge is 0.478 e. The Bertz CT molecular complexity index is 624. The van der Waals surface area contributed by atoms with Gasteiger partial charge in [0.25, 0.3) is 5.69 Å². The fourth-order valence-electron chi connectivity index (χ4n) is 1.45. The Morgan fingerprint density at radius 2 is 1.95 bits per heavy atom. The molecular weight excluding hydrogens is 250 g/mol. The van der Waals surface area contributed by atoms with Crippen LogP contribution in [-0.4, -0.2) is 16.0 Å². The van der Waals surface area contributed by atoms with Gasteiger partial charge in [0.1, 0.15) is 17.1 Å². The third-order valence-corrected chi connectivity index (χ3v) is 2.32. The Labute approximate surface area is 108 Å². The van der Waals surface area contributed by atoms with Crippen LogP contribution in [0.1, 0.15) is 10.4 Å². The first-order valence-corrected chi connectivity index (χ1v) is 5.23. The van der Waals surface area contributed by atoms with Crippen molar-refractivity contribution in [3.63, 3.8) is 0 Å². The molecule has 0 spiro atoms. The molecule has 0 saturated carbocycles. The van der Waals surface area contributed by atoms with Gasteiger partial charge < -0.3 is 9.84 Å². The van der Waals surface area contributed by atoms with Crippen molar-refractivity contribution in [1.82, 2.24) is 0 Å². The van der Waals surface area contributed by atoms with Crippen molar-refractivity contribution < 1.29 is 19.6 Å². The topological polar surface area (TPSA) is 89.7 Å². The second-order valence-electron chi connectivity index (χ2n) is 3.58. The van der Waals surface area contributed by atoms with E-state index in [1.165, 1.54) is 12.1 Å². The molecule has 0 fully saturated rings. The number of benzene rings is 2. The molecule has 2 rings (SSSR count). The van der Waals surface area contributed by atoms with Crippen LogP contribution in [0.25, 0.3) is 0 Å². The zero-order chi connectivity index (χ0) is 13.8. The van der Waals surface area contributed by atoms with Gasteiger partial charge in [-0.15, -0.1) is 0 Å². The minimum absolute atomic E-state index is 0.0456. The first kappa shape index (κ1) is 12.6. The maximum atomic E-state index is 11.1. The minimum Gasteiger partial charge on any atom is -0.478 e. The number of carbonyl (C=O) groups is 1. The van der Waals surface area contributed by atoms with Gasteiger partial charge in [0.05, 0.1) is 4.92 Å². The van der Waals surface area contributed by atoms with E-state index in [2.05, 4.69) is 6.07 Å². The van der Waals surface area contributed by atoms with E-state index in [0.717, 1.165) is 6.07 Å². The van der Waals surface area contributed by atoms with Crippen LogP contribution in [0.5, 0.6) is 11.5 Å². The summed E-state index contributed by atoms with van der Waals surface area (Å²) in [5.74, 6) is -0.819. The summed E-state index contributed by atoms with van der Waals surface area (Å²) >= 11 is 0. The number of nitrogens with zero attached hydrogens (tertiary/aromatic N) is 1. The SMILES string of the molecule is O=C(O)c1cc([N+](=O)[O-])ccc1Oc1cc[c]cc1. The Kier molecular flexibility index (Phi) is 3.42. The summed E-state index contributed by atoms with van der Waals surface area (Å²) in [6.07, 6.45) is 0. The highest BCUT2D eigenvalue weighted by Crippen LogP contribution is 2.28. The lowest BCUT2D eigenvalue weighted by Gasteiger charge is -2.08. The van der Waals surface area contributed by atoms with Crippen LogP contribution in [-0.2, 0) is 0 Å². The number of hydrogen-bond acceptors (Lipinski definition) is 4. The van der Waals surface area contributed by atoms with Crippen LogP contribution in [0.4, 0.5) is 5.69 Å². The zero-order valence-corrected chi connectivity index (χ0v) is 9.57. The lowest BCUT2D eigenvalue weighted by molar-refractivity contribution is -0.384. The predicted molar refractivity (Wildman–Crippen MR) is 65.4 cm³/mol. The van der Waals surface area contributed by atoms with Gasteiger partial charge in [-0.3, -0.25) is 10.1 Å². The van der Waals surface area contributed by atoms with Crippen molar-refractivity contribution in [3.05, 3.63) is 64.2 Å². The number of carboxylic acid groups (broad SMARTS) is 1. The maximum absolute atomic E-state index is 11.1. The van der Waals surface area contributed by atoms with Crippen molar-refractivity contribution in [2.45, 2.75) is 0 Å². The molecule has 0 bridgehead atoms. The van der Waals surface area contributed by atoms with E-state index in [1.54, 1.807) is 24.3 Å². The molecule has 0 aromatic heterocycles. The van der Waals surface area contributed by atoms with E-state index in [4.69, 9.17) is 9.84 Å². The van der Waals surface area contributed by atoms with E-state index in [9.17, 15) is 14.9 Å². The first-order valence-electron chi connectivity index (χ1n) is 5.23. The Morgan fingerprint density at radius 1 is 1.26 bits per heavy atom. The molecule has 0 amide bonds. The molecular formula is C13H8NO5. The smallest absolute Gasteiger partial charge is 0.339 e. The molecule has 1 N–H and O–H groups in total. The monoisotopic (exact) mass is 258 g/mol. The zero-order valence-electron chi connectivity index (χ0n) is 9.57. The highest BCUT2D eigenvalue weighted by Gasteiger charge is 2.17. The molecule has 0 aliphatic rings. The van der Waals surface area contributed by atoms with E-state index >= 15 is 0 Å². The van der Waals surface area contributed by atoms with Gasteiger partial charge in [-0.05, 0) is 24.3 Å². The van der Waals surface area contributed by atoms with Crippen LogP contribution in [0.15, 0.2) is 42.5 Å². The molecule has 0 aliphatic carbocycles. The third-order valence-electron chi connectivity index (χ3n) is 2.32. The van der Waals surface area contributed by atoms with Crippen molar-refractivity contribution in [3.8, 4) is 11.5 Å². The second kappa shape index (κ2) is 5.18. The molecule has 19 heavy (non-hydrogen) atoms. The number of carboxylic acids is 1. The molecule has 2 aromatic carbocycles. The van der Waals surface area contributed by atoms with Gasteiger partial charge in [0.15, 0.2) is 0 Å². The Hall–Kier alpha value is -2.89. The van der Waals surface area contributed by atoms with E-state index in [1.807, 2.05) is 0 Å². The van der Waals surface area contributed by atoms with Gasteiger partial charge in [0, 0.05) is 12.1 Å².